The third-order valence-corrected chi connectivity index (χ3v) is 4.74. The normalized spacial score (nSPS) is 10.5. The van der Waals surface area contributed by atoms with E-state index in [1.165, 1.54) is 0 Å². The summed E-state index contributed by atoms with van der Waals surface area (Å²) in [5.41, 5.74) is 2.62. The summed E-state index contributed by atoms with van der Waals surface area (Å²) in [4.78, 5) is 4.22. The van der Waals surface area contributed by atoms with Gasteiger partial charge in [-0.25, -0.2) is 4.98 Å². The predicted molar refractivity (Wildman–Crippen MR) is 99.9 cm³/mol. The lowest BCUT2D eigenvalue weighted by atomic mass is 9.99. The standard InChI is InChI=1S/C18H8Cl4N2/c19-12-3-1-4-13(20)17(12)10-7-11(16(8-23)24-9-10)18-14(21)5-2-6-15(18)22/h1-7,9H. The number of rotatable bonds is 2. The largest absolute Gasteiger partial charge is 0.244 e. The van der Waals surface area contributed by atoms with Crippen molar-refractivity contribution in [1.29, 1.82) is 5.26 Å². The molecule has 2 nitrogen and oxygen atoms in total. The second-order valence-electron chi connectivity index (χ2n) is 4.93. The molecular formula is C18H8Cl4N2. The molecule has 0 aliphatic carbocycles. The second-order valence-corrected chi connectivity index (χ2v) is 6.55. The van der Waals surface area contributed by atoms with E-state index in [9.17, 15) is 5.26 Å². The molecule has 0 aliphatic heterocycles. The highest BCUT2D eigenvalue weighted by molar-refractivity contribution is 6.40. The molecule has 3 aromatic rings. The molecule has 6 heteroatoms. The van der Waals surface area contributed by atoms with Crippen molar-refractivity contribution in [1.82, 2.24) is 4.98 Å². The Morgan fingerprint density at radius 2 is 1.29 bits per heavy atom. The molecule has 0 radical (unpaired) electrons. The number of hydrogen-bond acceptors (Lipinski definition) is 2. The molecule has 0 saturated heterocycles. The van der Waals surface area contributed by atoms with Crippen LogP contribution in [-0.4, -0.2) is 4.98 Å². The zero-order valence-corrected chi connectivity index (χ0v) is 15.0. The molecule has 24 heavy (non-hydrogen) atoms. The first-order valence-corrected chi connectivity index (χ1v) is 8.33. The highest BCUT2D eigenvalue weighted by Crippen LogP contribution is 2.40. The molecule has 118 valence electrons. The Morgan fingerprint density at radius 3 is 1.79 bits per heavy atom. The minimum atomic E-state index is 0.219. The third kappa shape index (κ3) is 3.09. The lowest BCUT2D eigenvalue weighted by molar-refractivity contribution is 1.26. The smallest absolute Gasteiger partial charge is 0.148 e. The van der Waals surface area contributed by atoms with E-state index in [4.69, 9.17) is 46.4 Å². The van der Waals surface area contributed by atoms with E-state index in [0.717, 1.165) is 0 Å². The van der Waals surface area contributed by atoms with Crippen molar-refractivity contribution in [2.24, 2.45) is 0 Å². The first-order chi connectivity index (χ1) is 11.5. The first-order valence-electron chi connectivity index (χ1n) is 6.82. The summed E-state index contributed by atoms with van der Waals surface area (Å²) in [5, 5.41) is 11.2. The van der Waals surface area contributed by atoms with Gasteiger partial charge in [0.1, 0.15) is 11.8 Å². The highest BCUT2D eigenvalue weighted by atomic mass is 35.5. The van der Waals surface area contributed by atoms with Gasteiger partial charge in [0.2, 0.25) is 0 Å². The summed E-state index contributed by atoms with van der Waals surface area (Å²) in [5.74, 6) is 0. The molecule has 0 atom stereocenters. The van der Waals surface area contributed by atoms with E-state index >= 15 is 0 Å². The van der Waals surface area contributed by atoms with Crippen molar-refractivity contribution >= 4 is 46.4 Å². The minimum absolute atomic E-state index is 0.219. The van der Waals surface area contributed by atoms with E-state index in [1.807, 2.05) is 0 Å². The number of halogens is 4. The van der Waals surface area contributed by atoms with Crippen molar-refractivity contribution in [3.05, 3.63) is 74.4 Å². The van der Waals surface area contributed by atoms with Crippen LogP contribution in [-0.2, 0) is 0 Å². The van der Waals surface area contributed by atoms with E-state index in [-0.39, 0.29) is 5.69 Å². The molecule has 0 saturated carbocycles. The molecule has 1 aromatic heterocycles. The molecule has 0 amide bonds. The average molecular weight is 394 g/mol. The Kier molecular flexibility index (Phi) is 4.99. The fourth-order valence-corrected chi connectivity index (χ4v) is 3.63. The highest BCUT2D eigenvalue weighted by Gasteiger charge is 2.17. The Bertz CT molecular complexity index is 937. The van der Waals surface area contributed by atoms with Gasteiger partial charge in [-0.15, -0.1) is 0 Å². The van der Waals surface area contributed by atoms with Gasteiger partial charge in [0.15, 0.2) is 0 Å². The SMILES string of the molecule is N#Cc1ncc(-c2c(Cl)cccc2Cl)cc1-c1c(Cl)cccc1Cl. The number of nitrogens with zero attached hydrogens (tertiary/aromatic N) is 2. The summed E-state index contributed by atoms with van der Waals surface area (Å²) in [6.07, 6.45) is 1.56. The maximum absolute atomic E-state index is 9.38. The Labute approximate surface area is 159 Å². The van der Waals surface area contributed by atoms with E-state index in [0.29, 0.717) is 42.3 Å². The van der Waals surface area contributed by atoms with E-state index in [1.54, 1.807) is 48.7 Å². The fourth-order valence-electron chi connectivity index (χ4n) is 2.41. The van der Waals surface area contributed by atoms with Crippen molar-refractivity contribution in [2.75, 3.05) is 0 Å². The van der Waals surface area contributed by atoms with Crippen LogP contribution in [0.5, 0.6) is 0 Å². The molecule has 0 unspecified atom stereocenters. The lowest BCUT2D eigenvalue weighted by Crippen LogP contribution is -1.93. The van der Waals surface area contributed by atoms with Crippen LogP contribution in [0.15, 0.2) is 48.7 Å². The minimum Gasteiger partial charge on any atom is -0.244 e. The van der Waals surface area contributed by atoms with Gasteiger partial charge in [-0.1, -0.05) is 58.5 Å². The van der Waals surface area contributed by atoms with Crippen LogP contribution >= 0.6 is 46.4 Å². The van der Waals surface area contributed by atoms with Crippen molar-refractivity contribution in [3.8, 4) is 28.3 Å². The van der Waals surface area contributed by atoms with Crippen LogP contribution in [0.25, 0.3) is 22.3 Å². The van der Waals surface area contributed by atoms with Crippen molar-refractivity contribution in [3.63, 3.8) is 0 Å². The molecule has 2 aromatic carbocycles. The lowest BCUT2D eigenvalue weighted by Gasteiger charge is -2.12. The summed E-state index contributed by atoms with van der Waals surface area (Å²) < 4.78 is 0. The maximum atomic E-state index is 9.38. The molecule has 0 bridgehead atoms. The van der Waals surface area contributed by atoms with Crippen LogP contribution in [0.4, 0.5) is 0 Å². The molecule has 0 fully saturated rings. The van der Waals surface area contributed by atoms with Gasteiger partial charge in [-0.05, 0) is 30.3 Å². The fraction of sp³-hybridized carbons (Fsp3) is 0. The van der Waals surface area contributed by atoms with Gasteiger partial charge >= 0.3 is 0 Å². The molecule has 0 aliphatic rings. The van der Waals surface area contributed by atoms with Crippen LogP contribution in [0.2, 0.25) is 20.1 Å². The number of hydrogen-bond donors (Lipinski definition) is 0. The van der Waals surface area contributed by atoms with E-state index < -0.39 is 0 Å². The van der Waals surface area contributed by atoms with Gasteiger partial charge in [0.25, 0.3) is 0 Å². The number of pyridine rings is 1. The molecule has 0 N–H and O–H groups in total. The average Bonchev–Trinajstić information content (AvgIpc) is 2.55. The summed E-state index contributed by atoms with van der Waals surface area (Å²) in [6.45, 7) is 0. The van der Waals surface area contributed by atoms with Gasteiger partial charge in [0.05, 0.1) is 0 Å². The summed E-state index contributed by atoms with van der Waals surface area (Å²) in [6, 6.07) is 14.2. The van der Waals surface area contributed by atoms with Gasteiger partial charge in [-0.3, -0.25) is 0 Å². The zero-order chi connectivity index (χ0) is 17.3. The predicted octanol–water partition coefficient (Wildman–Crippen LogP) is 6.90. The molecule has 3 rings (SSSR count). The summed E-state index contributed by atoms with van der Waals surface area (Å²) in [7, 11) is 0. The maximum Gasteiger partial charge on any atom is 0.148 e. The van der Waals surface area contributed by atoms with Gasteiger partial charge < -0.3 is 0 Å². The number of benzene rings is 2. The van der Waals surface area contributed by atoms with Crippen LogP contribution < -0.4 is 0 Å². The van der Waals surface area contributed by atoms with Crippen LogP contribution in [0, 0.1) is 11.3 Å². The van der Waals surface area contributed by atoms with E-state index in [2.05, 4.69) is 11.1 Å². The van der Waals surface area contributed by atoms with Gasteiger partial charge in [-0.2, -0.15) is 5.26 Å². The zero-order valence-electron chi connectivity index (χ0n) is 12.0. The monoisotopic (exact) mass is 392 g/mol. The third-order valence-electron chi connectivity index (χ3n) is 3.48. The number of aromatic nitrogens is 1. The van der Waals surface area contributed by atoms with Crippen molar-refractivity contribution in [2.45, 2.75) is 0 Å². The quantitative estimate of drug-likeness (QED) is 0.474. The second kappa shape index (κ2) is 7.01. The first kappa shape index (κ1) is 17.1. The van der Waals surface area contributed by atoms with Crippen LogP contribution in [0.3, 0.4) is 0 Å². The number of nitriles is 1. The summed E-state index contributed by atoms with van der Waals surface area (Å²) >= 11 is 25.1. The van der Waals surface area contributed by atoms with Gasteiger partial charge in [0, 0.05) is 48.5 Å². The Morgan fingerprint density at radius 1 is 0.792 bits per heavy atom. The molecular weight excluding hydrogens is 386 g/mol. The van der Waals surface area contributed by atoms with Crippen molar-refractivity contribution < 1.29 is 0 Å². The molecule has 0 spiro atoms. The van der Waals surface area contributed by atoms with Crippen LogP contribution in [0.1, 0.15) is 5.69 Å². The Hall–Kier alpha value is -1.76. The Balaban J connectivity index is 2.30. The topological polar surface area (TPSA) is 36.7 Å². The molecule has 1 heterocycles.